The molecule has 7 heteroatoms. The van der Waals surface area contributed by atoms with E-state index in [1.165, 1.54) is 21.8 Å². The van der Waals surface area contributed by atoms with Crippen LogP contribution in [0.4, 0.5) is 0 Å². The lowest BCUT2D eigenvalue weighted by Crippen LogP contribution is -2.01. The van der Waals surface area contributed by atoms with Crippen molar-refractivity contribution < 1.29 is 4.42 Å². The molecule has 0 saturated heterocycles. The van der Waals surface area contributed by atoms with Crippen LogP contribution < -0.4 is 0 Å². The highest BCUT2D eigenvalue weighted by Gasteiger charge is 2.20. The Morgan fingerprint density at radius 2 is 1.06 bits per heavy atom. The predicted octanol–water partition coefficient (Wildman–Crippen LogP) is 12.1. The Balaban J connectivity index is 1.08. The molecule has 0 aliphatic heterocycles. The number of rotatable bonds is 5. The van der Waals surface area contributed by atoms with E-state index in [9.17, 15) is 0 Å². The van der Waals surface area contributed by atoms with Gasteiger partial charge in [0.05, 0.1) is 16.6 Å². The maximum absolute atomic E-state index is 6.24. The van der Waals surface area contributed by atoms with Crippen molar-refractivity contribution in [2.75, 3.05) is 0 Å². The van der Waals surface area contributed by atoms with Gasteiger partial charge in [0, 0.05) is 53.3 Å². The third-order valence-corrected chi connectivity index (χ3v) is 11.1. The zero-order valence-corrected chi connectivity index (χ0v) is 29.0. The Morgan fingerprint density at radius 1 is 0.453 bits per heavy atom. The number of para-hydroxylation sites is 4. The molecule has 7 aromatic carbocycles. The lowest BCUT2D eigenvalue weighted by molar-refractivity contribution is 0.621. The van der Waals surface area contributed by atoms with E-state index in [-0.39, 0.29) is 0 Å². The molecular weight excluding hydrogens is 671 g/mol. The first kappa shape index (κ1) is 29.7. The van der Waals surface area contributed by atoms with Gasteiger partial charge in [-0.2, -0.15) is 0 Å². The topological polar surface area (TPSA) is 69.6 Å². The summed E-state index contributed by atoms with van der Waals surface area (Å²) in [7, 11) is 0. The van der Waals surface area contributed by atoms with Gasteiger partial charge in [0.25, 0.3) is 0 Å². The summed E-state index contributed by atoms with van der Waals surface area (Å²) in [5.74, 6) is 2.48. The third-order valence-electron chi connectivity index (χ3n) is 9.92. The van der Waals surface area contributed by atoms with Crippen LogP contribution in [0.15, 0.2) is 168 Å². The molecule has 0 radical (unpaired) electrons. The second-order valence-electron chi connectivity index (χ2n) is 13.0. The number of hydrogen-bond donors (Lipinski definition) is 0. The molecule has 11 aromatic rings. The first-order valence-corrected chi connectivity index (χ1v) is 18.3. The summed E-state index contributed by atoms with van der Waals surface area (Å²) in [5.41, 5.74) is 8.80. The summed E-state index contributed by atoms with van der Waals surface area (Å²) < 4.78 is 10.8. The van der Waals surface area contributed by atoms with Crippen molar-refractivity contribution in [2.24, 2.45) is 0 Å². The van der Waals surface area contributed by atoms with Crippen molar-refractivity contribution in [3.8, 4) is 51.3 Å². The van der Waals surface area contributed by atoms with E-state index in [0.717, 1.165) is 59.2 Å². The van der Waals surface area contributed by atoms with Crippen molar-refractivity contribution in [1.29, 1.82) is 0 Å². The molecule has 0 N–H and O–H groups in total. The van der Waals surface area contributed by atoms with Crippen LogP contribution in [0.5, 0.6) is 0 Å². The quantitative estimate of drug-likeness (QED) is 0.179. The van der Waals surface area contributed by atoms with Crippen molar-refractivity contribution in [1.82, 2.24) is 24.5 Å². The van der Waals surface area contributed by atoms with Crippen LogP contribution in [0.1, 0.15) is 0 Å². The molecular formula is C46H27N5OS. The van der Waals surface area contributed by atoms with Crippen LogP contribution in [0.25, 0.3) is 104 Å². The normalized spacial score (nSPS) is 11.8. The Hall–Kier alpha value is -6.96. The van der Waals surface area contributed by atoms with Crippen LogP contribution in [-0.2, 0) is 0 Å². The van der Waals surface area contributed by atoms with E-state index in [4.69, 9.17) is 24.4 Å². The molecule has 0 spiro atoms. The lowest BCUT2D eigenvalue weighted by atomic mass is 10.0. The Kier molecular flexibility index (Phi) is 6.62. The monoisotopic (exact) mass is 697 g/mol. The second-order valence-corrected chi connectivity index (χ2v) is 14.1. The summed E-state index contributed by atoms with van der Waals surface area (Å²) in [6, 6.07) is 56.3. The van der Waals surface area contributed by atoms with Gasteiger partial charge in [-0.1, -0.05) is 103 Å². The van der Waals surface area contributed by atoms with Gasteiger partial charge in [-0.25, -0.2) is 19.9 Å². The van der Waals surface area contributed by atoms with Crippen LogP contribution >= 0.6 is 11.3 Å². The molecule has 53 heavy (non-hydrogen) atoms. The molecule has 0 bridgehead atoms. The Morgan fingerprint density at radius 3 is 1.81 bits per heavy atom. The van der Waals surface area contributed by atoms with E-state index in [1.807, 2.05) is 54.6 Å². The fourth-order valence-corrected chi connectivity index (χ4v) is 8.73. The van der Waals surface area contributed by atoms with Crippen LogP contribution in [0, 0.1) is 0 Å². The minimum atomic E-state index is 0.614. The molecule has 11 rings (SSSR count). The first-order valence-electron chi connectivity index (χ1n) is 17.5. The highest BCUT2D eigenvalue weighted by Crippen LogP contribution is 2.44. The van der Waals surface area contributed by atoms with E-state index in [0.29, 0.717) is 23.4 Å². The number of aromatic nitrogens is 5. The molecule has 248 valence electrons. The number of fused-ring (bicyclic) bond motifs is 7. The zero-order valence-electron chi connectivity index (χ0n) is 28.1. The maximum Gasteiger partial charge on any atom is 0.228 e. The van der Waals surface area contributed by atoms with Gasteiger partial charge in [-0.3, -0.25) is 0 Å². The highest BCUT2D eigenvalue weighted by molar-refractivity contribution is 7.26. The Labute approximate surface area is 307 Å². The van der Waals surface area contributed by atoms with Gasteiger partial charge in [0.1, 0.15) is 5.52 Å². The number of nitrogens with zero attached hydrogens (tertiary/aromatic N) is 5. The molecule has 4 heterocycles. The molecule has 0 fully saturated rings. The summed E-state index contributed by atoms with van der Waals surface area (Å²) >= 11 is 1.73. The van der Waals surface area contributed by atoms with Gasteiger partial charge in [0.15, 0.2) is 23.1 Å². The minimum absolute atomic E-state index is 0.614. The SMILES string of the molecule is c1ccc(-c2nc(-c3ccc(-n4c5ccccc5c5ccccc54)cc3)nc(-c3cccc4sc5c(-c6nc7ccccc7o6)cccc5c34)n2)cc1. The van der Waals surface area contributed by atoms with Crippen molar-refractivity contribution in [3.63, 3.8) is 0 Å². The molecule has 0 aliphatic rings. The van der Waals surface area contributed by atoms with Crippen LogP contribution in [0.3, 0.4) is 0 Å². The van der Waals surface area contributed by atoms with Crippen LogP contribution in [-0.4, -0.2) is 24.5 Å². The first-order chi connectivity index (χ1) is 26.3. The van der Waals surface area contributed by atoms with Crippen molar-refractivity contribution in [2.45, 2.75) is 0 Å². The average molecular weight is 698 g/mol. The van der Waals surface area contributed by atoms with Crippen molar-refractivity contribution in [3.05, 3.63) is 164 Å². The number of hydrogen-bond acceptors (Lipinski definition) is 6. The van der Waals surface area contributed by atoms with Gasteiger partial charge in [-0.15, -0.1) is 11.3 Å². The zero-order chi connectivity index (χ0) is 34.9. The summed E-state index contributed by atoms with van der Waals surface area (Å²) in [5, 5.41) is 4.68. The number of oxazole rings is 1. The smallest absolute Gasteiger partial charge is 0.228 e. The molecule has 0 unspecified atom stereocenters. The second kappa shape index (κ2) is 11.8. The molecule has 0 amide bonds. The van der Waals surface area contributed by atoms with Crippen molar-refractivity contribution >= 4 is 64.4 Å². The Bertz CT molecular complexity index is 3090. The molecule has 6 nitrogen and oxygen atoms in total. The fourth-order valence-electron chi connectivity index (χ4n) is 7.49. The van der Waals surface area contributed by atoms with Gasteiger partial charge < -0.3 is 8.98 Å². The summed E-state index contributed by atoms with van der Waals surface area (Å²) in [6.07, 6.45) is 0. The van der Waals surface area contributed by atoms with E-state index in [1.54, 1.807) is 11.3 Å². The highest BCUT2D eigenvalue weighted by atomic mass is 32.1. The maximum atomic E-state index is 6.24. The van der Waals surface area contributed by atoms with E-state index in [2.05, 4.69) is 114 Å². The molecule has 0 aliphatic carbocycles. The fraction of sp³-hybridized carbons (Fsp3) is 0. The third kappa shape index (κ3) is 4.79. The molecule has 0 atom stereocenters. The van der Waals surface area contributed by atoms with Crippen LogP contribution in [0.2, 0.25) is 0 Å². The lowest BCUT2D eigenvalue weighted by Gasteiger charge is -2.11. The molecule has 0 saturated carbocycles. The molecule has 4 aromatic heterocycles. The standard InChI is InChI=1S/C46H27N5OS/c1-2-12-28(13-3-1)43-48-44(29-24-26-30(27-25-29)51-37-20-7-4-14-31(37)32-15-5-8-21-38(32)51)50-45(49-43)34-17-11-23-40-41(34)33-16-10-18-35(42(33)53-40)46-47-36-19-6-9-22-39(36)52-46/h1-27H. The predicted molar refractivity (Wildman–Crippen MR) is 216 cm³/mol. The summed E-state index contributed by atoms with van der Waals surface area (Å²) in [4.78, 5) is 20.2. The minimum Gasteiger partial charge on any atom is -0.436 e. The van der Waals surface area contributed by atoms with Gasteiger partial charge >= 0.3 is 0 Å². The van der Waals surface area contributed by atoms with E-state index < -0.39 is 0 Å². The number of thiophene rings is 1. The van der Waals surface area contributed by atoms with E-state index >= 15 is 0 Å². The summed E-state index contributed by atoms with van der Waals surface area (Å²) in [6.45, 7) is 0. The van der Waals surface area contributed by atoms with Gasteiger partial charge in [-0.05, 0) is 60.7 Å². The average Bonchev–Trinajstić information content (AvgIpc) is 3.93. The largest absolute Gasteiger partial charge is 0.436 e. The number of benzene rings is 7. The van der Waals surface area contributed by atoms with Gasteiger partial charge in [0.2, 0.25) is 5.89 Å².